The van der Waals surface area contributed by atoms with Gasteiger partial charge >= 0.3 is 6.09 Å². The normalized spacial score (nSPS) is 19.8. The minimum atomic E-state index is -0.847. The number of ether oxygens (including phenoxy) is 2. The summed E-state index contributed by atoms with van der Waals surface area (Å²) in [6.07, 6.45) is 4.18. The number of carbonyl (C=O) groups is 3. The van der Waals surface area contributed by atoms with E-state index in [1.54, 1.807) is 51.0 Å². The first-order valence-corrected chi connectivity index (χ1v) is 14.1. The zero-order chi connectivity index (χ0) is 30.1. The number of anilines is 1. The number of hydrogen-bond donors (Lipinski definition) is 1. The highest BCUT2D eigenvalue weighted by atomic mass is 16.6. The van der Waals surface area contributed by atoms with Crippen LogP contribution in [0.25, 0.3) is 21.3 Å². The molecule has 0 unspecified atom stereocenters. The van der Waals surface area contributed by atoms with Crippen molar-refractivity contribution >= 4 is 34.5 Å². The average Bonchev–Trinajstić information content (AvgIpc) is 3.71. The maximum absolute atomic E-state index is 14.4. The quantitative estimate of drug-likeness (QED) is 0.232. The van der Waals surface area contributed by atoms with Crippen LogP contribution >= 0.6 is 0 Å². The molecule has 2 atom stereocenters. The summed E-state index contributed by atoms with van der Waals surface area (Å²) in [5, 5.41) is 11.6. The lowest BCUT2D eigenvalue weighted by Gasteiger charge is -2.35. The number of nitrogens with zero attached hydrogens (tertiary/aromatic N) is 6. The second kappa shape index (κ2) is 11.4. The number of nitrogens with one attached hydrogen (secondary N) is 1. The van der Waals surface area contributed by atoms with Crippen molar-refractivity contribution in [2.24, 2.45) is 5.11 Å². The summed E-state index contributed by atoms with van der Waals surface area (Å²) in [4.78, 5) is 45.4. The van der Waals surface area contributed by atoms with Gasteiger partial charge in [-0.2, -0.15) is 9.78 Å². The molecule has 2 aromatic carbocycles. The van der Waals surface area contributed by atoms with Crippen LogP contribution in [0.4, 0.5) is 10.5 Å². The SMILES string of the molecule is COc1ccc(C2(C(=O)N3C[C@H](N=[N+]=[N-])C[C@@H]3C(=O)Nc3cccc4c3cnn4C(=O)OC(C)(C)C)CCCC2)cc1. The zero-order valence-corrected chi connectivity index (χ0v) is 24.2. The lowest BCUT2D eigenvalue weighted by atomic mass is 9.77. The molecule has 220 valence electrons. The lowest BCUT2D eigenvalue weighted by molar-refractivity contribution is -0.141. The third-order valence-electron chi connectivity index (χ3n) is 8.00. The van der Waals surface area contributed by atoms with Crippen LogP contribution < -0.4 is 10.1 Å². The molecule has 1 N–H and O–H groups in total. The van der Waals surface area contributed by atoms with E-state index in [1.807, 2.05) is 24.3 Å². The lowest BCUT2D eigenvalue weighted by Crippen LogP contribution is -2.51. The van der Waals surface area contributed by atoms with Crippen molar-refractivity contribution in [2.75, 3.05) is 19.0 Å². The highest BCUT2D eigenvalue weighted by Gasteiger charge is 2.50. The van der Waals surface area contributed by atoms with E-state index >= 15 is 0 Å². The van der Waals surface area contributed by atoms with Gasteiger partial charge in [-0.1, -0.05) is 36.2 Å². The van der Waals surface area contributed by atoms with Gasteiger partial charge in [0.15, 0.2) is 0 Å². The summed E-state index contributed by atoms with van der Waals surface area (Å²) in [5.74, 6) is 0.154. The number of rotatable bonds is 6. The number of aromatic nitrogens is 2. The fourth-order valence-corrected chi connectivity index (χ4v) is 6.06. The fourth-order valence-electron chi connectivity index (χ4n) is 6.06. The monoisotopic (exact) mass is 573 g/mol. The number of amides is 2. The van der Waals surface area contributed by atoms with Gasteiger partial charge in [-0.05, 0) is 75.4 Å². The topological polar surface area (TPSA) is 152 Å². The number of hydrogen-bond acceptors (Lipinski definition) is 7. The molecule has 2 aliphatic rings. The van der Waals surface area contributed by atoms with Crippen LogP contribution in [-0.2, 0) is 19.7 Å². The van der Waals surface area contributed by atoms with Crippen LogP contribution in [0.15, 0.2) is 53.8 Å². The van der Waals surface area contributed by atoms with E-state index in [0.29, 0.717) is 35.2 Å². The largest absolute Gasteiger partial charge is 0.497 e. The van der Waals surface area contributed by atoms with Crippen molar-refractivity contribution in [1.29, 1.82) is 0 Å². The van der Waals surface area contributed by atoms with Gasteiger partial charge in [0.25, 0.3) is 0 Å². The second-order valence-electron chi connectivity index (χ2n) is 11.8. The predicted octanol–water partition coefficient (Wildman–Crippen LogP) is 5.56. The maximum Gasteiger partial charge on any atom is 0.435 e. The number of fused-ring (bicyclic) bond motifs is 1. The van der Waals surface area contributed by atoms with Gasteiger partial charge in [0.1, 0.15) is 17.4 Å². The molecule has 2 fully saturated rings. The third-order valence-corrected chi connectivity index (χ3v) is 8.00. The smallest absolute Gasteiger partial charge is 0.435 e. The summed E-state index contributed by atoms with van der Waals surface area (Å²) in [5.41, 5.74) is 9.45. The predicted molar refractivity (Wildman–Crippen MR) is 156 cm³/mol. The zero-order valence-electron chi connectivity index (χ0n) is 24.2. The molecule has 2 heterocycles. The van der Waals surface area contributed by atoms with Crippen LogP contribution in [-0.4, -0.2) is 63.9 Å². The molecule has 5 rings (SSSR count). The first-order chi connectivity index (χ1) is 20.1. The van der Waals surface area contributed by atoms with Crippen LogP contribution in [0.3, 0.4) is 0 Å². The minimum absolute atomic E-state index is 0.142. The minimum Gasteiger partial charge on any atom is -0.497 e. The Kier molecular flexibility index (Phi) is 7.83. The Bertz CT molecular complexity index is 1550. The van der Waals surface area contributed by atoms with E-state index < -0.39 is 35.1 Å². The number of benzene rings is 2. The summed E-state index contributed by atoms with van der Waals surface area (Å²) < 4.78 is 11.9. The maximum atomic E-state index is 14.4. The van der Waals surface area contributed by atoms with E-state index in [1.165, 1.54) is 6.20 Å². The summed E-state index contributed by atoms with van der Waals surface area (Å²) in [6.45, 7) is 5.46. The van der Waals surface area contributed by atoms with Crippen molar-refractivity contribution in [3.8, 4) is 5.75 Å². The molecule has 1 saturated heterocycles. The first-order valence-electron chi connectivity index (χ1n) is 14.1. The molecule has 12 nitrogen and oxygen atoms in total. The van der Waals surface area contributed by atoms with E-state index in [4.69, 9.17) is 15.0 Å². The molecular weight excluding hydrogens is 538 g/mol. The van der Waals surface area contributed by atoms with Gasteiger partial charge in [0, 0.05) is 16.8 Å². The highest BCUT2D eigenvalue weighted by molar-refractivity contribution is 6.05. The van der Waals surface area contributed by atoms with Crippen LogP contribution in [0.2, 0.25) is 0 Å². The van der Waals surface area contributed by atoms with Gasteiger partial charge in [-0.25, -0.2) is 4.79 Å². The number of carbonyl (C=O) groups excluding carboxylic acids is 3. The van der Waals surface area contributed by atoms with Crippen molar-refractivity contribution in [3.63, 3.8) is 0 Å². The average molecular weight is 574 g/mol. The summed E-state index contributed by atoms with van der Waals surface area (Å²) in [7, 11) is 1.60. The number of likely N-dealkylation sites (tertiary alicyclic amines) is 1. The highest BCUT2D eigenvalue weighted by Crippen LogP contribution is 2.44. The molecular formula is C30H35N7O5. The van der Waals surface area contributed by atoms with Crippen LogP contribution in [0, 0.1) is 0 Å². The molecule has 42 heavy (non-hydrogen) atoms. The Balaban J connectivity index is 1.44. The van der Waals surface area contributed by atoms with Gasteiger partial charge in [-0.3, -0.25) is 9.59 Å². The van der Waals surface area contributed by atoms with E-state index in [2.05, 4.69) is 20.4 Å². The second-order valence-corrected chi connectivity index (χ2v) is 11.8. The molecule has 1 aliphatic heterocycles. The Labute approximate surface area is 243 Å². The molecule has 0 radical (unpaired) electrons. The molecule has 2 amide bonds. The van der Waals surface area contributed by atoms with Gasteiger partial charge in [0.2, 0.25) is 11.8 Å². The van der Waals surface area contributed by atoms with Gasteiger partial charge in [-0.15, -0.1) is 0 Å². The molecule has 1 aliphatic carbocycles. The fraction of sp³-hybridized carbons (Fsp3) is 0.467. The molecule has 1 aromatic heterocycles. The van der Waals surface area contributed by atoms with Gasteiger partial charge < -0.3 is 19.7 Å². The third kappa shape index (κ3) is 5.49. The summed E-state index contributed by atoms with van der Waals surface area (Å²) in [6, 6.07) is 11.3. The van der Waals surface area contributed by atoms with Crippen LogP contribution in [0.1, 0.15) is 58.4 Å². The van der Waals surface area contributed by atoms with Crippen molar-refractivity contribution < 1.29 is 23.9 Å². The standard InChI is InChI=1S/C30H35N7O5/c1-29(2,3)42-28(40)37-24-9-7-8-23(22(24)17-32-37)33-26(38)25-16-20(34-35-31)18-36(25)27(39)30(14-5-6-15-30)19-10-12-21(41-4)13-11-19/h7-13,17,20,25H,5-6,14-16,18H2,1-4H3,(H,33,38)/t20-,25-/m1/s1. The van der Waals surface area contributed by atoms with E-state index in [9.17, 15) is 14.4 Å². The molecule has 0 spiro atoms. The van der Waals surface area contributed by atoms with Crippen molar-refractivity contribution in [1.82, 2.24) is 14.7 Å². The summed E-state index contributed by atoms with van der Waals surface area (Å²) >= 11 is 0. The number of azide groups is 1. The Morgan fingerprint density at radius 2 is 1.83 bits per heavy atom. The number of methoxy groups -OCH3 is 1. The van der Waals surface area contributed by atoms with Gasteiger partial charge in [0.05, 0.1) is 36.0 Å². The van der Waals surface area contributed by atoms with E-state index in [-0.39, 0.29) is 18.9 Å². The van der Waals surface area contributed by atoms with Crippen molar-refractivity contribution in [2.45, 2.75) is 76.0 Å². The molecule has 3 aromatic rings. The molecule has 0 bridgehead atoms. The van der Waals surface area contributed by atoms with E-state index in [0.717, 1.165) is 23.1 Å². The van der Waals surface area contributed by atoms with Crippen molar-refractivity contribution in [3.05, 3.63) is 64.7 Å². The van der Waals surface area contributed by atoms with Crippen LogP contribution in [0.5, 0.6) is 5.75 Å². The Morgan fingerprint density at radius 3 is 2.48 bits per heavy atom. The molecule has 1 saturated carbocycles. The first kappa shape index (κ1) is 28.9. The molecule has 12 heteroatoms. The Morgan fingerprint density at radius 1 is 1.12 bits per heavy atom. The Hall–Kier alpha value is -4.57.